The van der Waals surface area contributed by atoms with E-state index in [0.29, 0.717) is 44.3 Å². The molecule has 1 aliphatic rings. The fourth-order valence-electron chi connectivity index (χ4n) is 2.93. The molecule has 0 amide bonds. The van der Waals surface area contributed by atoms with Gasteiger partial charge in [0.1, 0.15) is 4.90 Å². The van der Waals surface area contributed by atoms with Crippen LogP contribution in [0.15, 0.2) is 27.6 Å². The molecule has 1 aromatic heterocycles. The SMILES string of the molecule is CCc1noc(C(C)N2CCN(S(=O)(=O)c3c(Cl)cccc3Cl)CC2)n1. The van der Waals surface area contributed by atoms with Crippen LogP contribution in [0.25, 0.3) is 0 Å². The number of nitrogens with zero attached hydrogens (tertiary/aromatic N) is 4. The molecule has 2 heterocycles. The van der Waals surface area contributed by atoms with Crippen LogP contribution in [0.5, 0.6) is 0 Å². The number of piperazine rings is 1. The van der Waals surface area contributed by atoms with Gasteiger partial charge in [0, 0.05) is 32.6 Å². The number of aromatic nitrogens is 2. The molecule has 1 atom stereocenters. The van der Waals surface area contributed by atoms with Gasteiger partial charge in [-0.2, -0.15) is 9.29 Å². The van der Waals surface area contributed by atoms with Gasteiger partial charge in [0.2, 0.25) is 15.9 Å². The molecule has 1 aromatic carbocycles. The highest BCUT2D eigenvalue weighted by molar-refractivity contribution is 7.89. The van der Waals surface area contributed by atoms with Crippen molar-refractivity contribution in [2.75, 3.05) is 26.2 Å². The third-order valence-electron chi connectivity index (χ3n) is 4.50. The molecule has 1 fully saturated rings. The Morgan fingerprint density at radius 2 is 1.81 bits per heavy atom. The predicted octanol–water partition coefficient (Wildman–Crippen LogP) is 3.01. The number of aryl methyl sites for hydroxylation is 1. The van der Waals surface area contributed by atoms with Gasteiger partial charge in [-0.15, -0.1) is 0 Å². The Morgan fingerprint density at radius 3 is 2.35 bits per heavy atom. The molecule has 0 spiro atoms. The summed E-state index contributed by atoms with van der Waals surface area (Å²) in [6, 6.07) is 4.61. The molecule has 142 valence electrons. The van der Waals surface area contributed by atoms with Crippen LogP contribution in [0.2, 0.25) is 10.0 Å². The summed E-state index contributed by atoms with van der Waals surface area (Å²) in [5.74, 6) is 1.22. The van der Waals surface area contributed by atoms with Gasteiger partial charge < -0.3 is 4.52 Å². The molecular weight excluding hydrogens is 399 g/mol. The van der Waals surface area contributed by atoms with Gasteiger partial charge in [0.15, 0.2) is 5.82 Å². The number of rotatable bonds is 5. The van der Waals surface area contributed by atoms with Crippen LogP contribution in [0, 0.1) is 0 Å². The van der Waals surface area contributed by atoms with E-state index in [1.165, 1.54) is 16.4 Å². The highest BCUT2D eigenvalue weighted by Gasteiger charge is 2.34. The number of benzene rings is 1. The molecular formula is C16H20Cl2N4O3S. The zero-order valence-electron chi connectivity index (χ0n) is 14.5. The van der Waals surface area contributed by atoms with Crippen molar-refractivity contribution in [2.24, 2.45) is 0 Å². The van der Waals surface area contributed by atoms with E-state index in [1.54, 1.807) is 6.07 Å². The summed E-state index contributed by atoms with van der Waals surface area (Å²) in [6.07, 6.45) is 0.709. The Kier molecular flexibility index (Phi) is 5.88. The minimum Gasteiger partial charge on any atom is -0.338 e. The monoisotopic (exact) mass is 418 g/mol. The Bertz CT molecular complexity index is 859. The second-order valence-electron chi connectivity index (χ2n) is 6.07. The fraction of sp³-hybridized carbons (Fsp3) is 0.500. The summed E-state index contributed by atoms with van der Waals surface area (Å²) < 4.78 is 32.5. The minimum absolute atomic E-state index is 0.0330. The van der Waals surface area contributed by atoms with Gasteiger partial charge in [0.25, 0.3) is 0 Å². The Morgan fingerprint density at radius 1 is 1.19 bits per heavy atom. The fourth-order valence-corrected chi connectivity index (χ4v) is 5.44. The summed E-state index contributed by atoms with van der Waals surface area (Å²) in [5.41, 5.74) is 0. The van der Waals surface area contributed by atoms with Gasteiger partial charge in [-0.3, -0.25) is 4.90 Å². The average molecular weight is 419 g/mol. The molecule has 0 N–H and O–H groups in total. The number of halogens is 2. The van der Waals surface area contributed by atoms with Crippen LogP contribution >= 0.6 is 23.2 Å². The molecule has 1 aliphatic heterocycles. The number of sulfonamides is 1. The molecule has 0 saturated carbocycles. The smallest absolute Gasteiger partial charge is 0.246 e. The van der Waals surface area contributed by atoms with E-state index in [0.717, 1.165) is 0 Å². The van der Waals surface area contributed by atoms with Crippen molar-refractivity contribution in [3.05, 3.63) is 40.0 Å². The summed E-state index contributed by atoms with van der Waals surface area (Å²) in [7, 11) is -3.75. The van der Waals surface area contributed by atoms with Crippen LogP contribution < -0.4 is 0 Å². The summed E-state index contributed by atoms with van der Waals surface area (Å²) in [4.78, 5) is 6.44. The highest BCUT2D eigenvalue weighted by Crippen LogP contribution is 2.32. The molecule has 26 heavy (non-hydrogen) atoms. The first kappa shape index (κ1) is 19.6. The van der Waals surface area contributed by atoms with Crippen molar-refractivity contribution in [2.45, 2.75) is 31.2 Å². The lowest BCUT2D eigenvalue weighted by molar-refractivity contribution is 0.124. The first-order valence-electron chi connectivity index (χ1n) is 8.35. The molecule has 10 heteroatoms. The lowest BCUT2D eigenvalue weighted by Crippen LogP contribution is -2.49. The zero-order chi connectivity index (χ0) is 18.9. The number of hydrogen-bond acceptors (Lipinski definition) is 6. The molecule has 1 saturated heterocycles. The van der Waals surface area contributed by atoms with Gasteiger partial charge in [-0.25, -0.2) is 8.42 Å². The molecule has 0 aliphatic carbocycles. The van der Waals surface area contributed by atoms with Crippen molar-refractivity contribution in [1.82, 2.24) is 19.3 Å². The topological polar surface area (TPSA) is 79.5 Å². The normalized spacial score (nSPS) is 18.2. The van der Waals surface area contributed by atoms with E-state index in [-0.39, 0.29) is 21.0 Å². The van der Waals surface area contributed by atoms with E-state index in [1.807, 2.05) is 13.8 Å². The van der Waals surface area contributed by atoms with Crippen LogP contribution in [-0.2, 0) is 16.4 Å². The maximum Gasteiger partial charge on any atom is 0.246 e. The standard InChI is InChI=1S/C16H20Cl2N4O3S/c1-3-14-19-16(25-20-14)11(2)21-7-9-22(10-8-21)26(23,24)15-12(17)5-4-6-13(15)18/h4-6,11H,3,7-10H2,1-2H3. The van der Waals surface area contributed by atoms with Crippen molar-refractivity contribution >= 4 is 33.2 Å². The highest BCUT2D eigenvalue weighted by atomic mass is 35.5. The molecule has 7 nitrogen and oxygen atoms in total. The van der Waals surface area contributed by atoms with Gasteiger partial charge in [0.05, 0.1) is 16.1 Å². The second-order valence-corrected chi connectivity index (χ2v) is 8.76. The molecule has 0 bridgehead atoms. The Balaban J connectivity index is 1.71. The van der Waals surface area contributed by atoms with E-state index >= 15 is 0 Å². The van der Waals surface area contributed by atoms with Crippen LogP contribution in [0.4, 0.5) is 0 Å². The lowest BCUT2D eigenvalue weighted by Gasteiger charge is -2.36. The van der Waals surface area contributed by atoms with Crippen molar-refractivity contribution in [1.29, 1.82) is 0 Å². The third-order valence-corrected chi connectivity index (χ3v) is 7.35. The first-order chi connectivity index (χ1) is 12.3. The Labute approximate surface area is 162 Å². The summed E-state index contributed by atoms with van der Waals surface area (Å²) in [6.45, 7) is 5.70. The molecule has 2 aromatic rings. The zero-order valence-corrected chi connectivity index (χ0v) is 16.9. The van der Waals surface area contributed by atoms with Crippen molar-refractivity contribution < 1.29 is 12.9 Å². The van der Waals surface area contributed by atoms with Gasteiger partial charge in [-0.05, 0) is 19.1 Å². The van der Waals surface area contributed by atoms with Crippen molar-refractivity contribution in [3.8, 4) is 0 Å². The van der Waals surface area contributed by atoms with Crippen molar-refractivity contribution in [3.63, 3.8) is 0 Å². The average Bonchev–Trinajstić information content (AvgIpc) is 3.10. The van der Waals surface area contributed by atoms with Crippen LogP contribution in [0.3, 0.4) is 0 Å². The molecule has 1 unspecified atom stereocenters. The number of hydrogen-bond donors (Lipinski definition) is 0. The maximum atomic E-state index is 12.9. The largest absolute Gasteiger partial charge is 0.338 e. The van der Waals surface area contributed by atoms with E-state index in [9.17, 15) is 8.42 Å². The van der Waals surface area contributed by atoms with E-state index in [2.05, 4.69) is 15.0 Å². The van der Waals surface area contributed by atoms with Crippen LogP contribution in [-0.4, -0.2) is 53.9 Å². The second kappa shape index (κ2) is 7.82. The molecule has 3 rings (SSSR count). The quantitative estimate of drug-likeness (QED) is 0.742. The first-order valence-corrected chi connectivity index (χ1v) is 10.5. The Hall–Kier alpha value is -1.19. The van der Waals surface area contributed by atoms with Gasteiger partial charge >= 0.3 is 0 Å². The lowest BCUT2D eigenvalue weighted by atomic mass is 10.2. The minimum atomic E-state index is -3.75. The summed E-state index contributed by atoms with van der Waals surface area (Å²) in [5, 5.41) is 4.18. The van der Waals surface area contributed by atoms with Crippen LogP contribution in [0.1, 0.15) is 31.6 Å². The summed E-state index contributed by atoms with van der Waals surface area (Å²) >= 11 is 12.2. The third kappa shape index (κ3) is 3.75. The predicted molar refractivity (Wildman–Crippen MR) is 98.9 cm³/mol. The van der Waals surface area contributed by atoms with E-state index < -0.39 is 10.0 Å². The van der Waals surface area contributed by atoms with Gasteiger partial charge in [-0.1, -0.05) is 41.3 Å². The maximum absolute atomic E-state index is 12.9. The molecule has 0 radical (unpaired) electrons. The van der Waals surface area contributed by atoms with E-state index in [4.69, 9.17) is 27.7 Å².